The molecule has 3 aliphatic heterocycles. The number of nitrogens with zero attached hydrogens (tertiary/aromatic N) is 1. The van der Waals surface area contributed by atoms with Crippen LogP contribution in [0, 0.1) is 7.14 Å². The van der Waals surface area contributed by atoms with Crippen molar-refractivity contribution in [2.75, 3.05) is 4.90 Å². The van der Waals surface area contributed by atoms with Crippen molar-refractivity contribution >= 4 is 102 Å². The molecule has 3 aliphatic rings. The van der Waals surface area contributed by atoms with Crippen molar-refractivity contribution in [3.63, 3.8) is 0 Å². The SMILES string of the molecule is c1ccc([Si]2(c3ccccc3)c3ccccc3N(c3ccc4c(c3)[I-]c3cccc5c3B4c3ccccc3S5)c3cc(-c4c5ccccc5cc5ccccc45)ccc32)cc1. The zero-order valence-corrected chi connectivity index (χ0v) is 37.1. The molecular weight excluding hydrogens is 884 g/mol. The van der Waals surface area contributed by atoms with E-state index < -0.39 is 29.3 Å². The molecule has 0 radical (unpaired) electrons. The van der Waals surface area contributed by atoms with E-state index in [1.165, 1.54) is 94.8 Å². The van der Waals surface area contributed by atoms with Crippen LogP contribution >= 0.6 is 11.8 Å². The van der Waals surface area contributed by atoms with E-state index in [4.69, 9.17) is 0 Å². The average Bonchev–Trinajstić information content (AvgIpc) is 3.32. The molecule has 286 valence electrons. The van der Waals surface area contributed by atoms with Gasteiger partial charge in [-0.2, -0.15) is 0 Å². The van der Waals surface area contributed by atoms with E-state index in [-0.39, 0.29) is 6.71 Å². The van der Waals surface area contributed by atoms with Crippen LogP contribution in [-0.4, -0.2) is 14.8 Å². The number of rotatable bonds is 4. The van der Waals surface area contributed by atoms with Gasteiger partial charge in [0.25, 0.3) is 0 Å². The normalized spacial score (nSPS) is 14.3. The fourth-order valence-electron chi connectivity index (χ4n) is 10.7. The first-order valence-electron chi connectivity index (χ1n) is 21.0. The molecule has 0 aromatic heterocycles. The van der Waals surface area contributed by atoms with Crippen LogP contribution in [0.4, 0.5) is 17.1 Å². The van der Waals surface area contributed by atoms with Gasteiger partial charge in [0.1, 0.15) is 0 Å². The number of benzene rings is 10. The maximum atomic E-state index is 2.62. The van der Waals surface area contributed by atoms with Gasteiger partial charge < -0.3 is 0 Å². The van der Waals surface area contributed by atoms with Gasteiger partial charge in [-0.15, -0.1) is 0 Å². The summed E-state index contributed by atoms with van der Waals surface area (Å²) in [4.78, 5) is 5.42. The first-order chi connectivity index (χ1) is 30.3. The molecule has 0 saturated heterocycles. The van der Waals surface area contributed by atoms with Crippen LogP contribution in [0.25, 0.3) is 32.7 Å². The molecule has 0 atom stereocenters. The first-order valence-corrected chi connectivity index (χ1v) is 26.0. The molecule has 0 fully saturated rings. The number of halogens is 1. The van der Waals surface area contributed by atoms with Gasteiger partial charge >= 0.3 is 375 Å². The monoisotopic (exact) mass is 920 g/mol. The van der Waals surface area contributed by atoms with Crippen molar-refractivity contribution in [2.45, 2.75) is 9.79 Å². The Bertz CT molecular complexity index is 3310. The van der Waals surface area contributed by atoms with Crippen LogP contribution in [0.15, 0.2) is 228 Å². The summed E-state index contributed by atoms with van der Waals surface area (Å²) >= 11 is 1.53. The van der Waals surface area contributed by atoms with Gasteiger partial charge in [0.2, 0.25) is 0 Å². The molecule has 13 rings (SSSR count). The molecule has 0 N–H and O–H groups in total. The third kappa shape index (κ3) is 5.27. The van der Waals surface area contributed by atoms with E-state index in [1.807, 2.05) is 11.8 Å². The van der Waals surface area contributed by atoms with Crippen molar-refractivity contribution in [1.29, 1.82) is 0 Å². The Hall–Kier alpha value is -6.12. The summed E-state index contributed by atoms with van der Waals surface area (Å²) < 4.78 is 3.07. The van der Waals surface area contributed by atoms with Crippen LogP contribution in [0.1, 0.15) is 0 Å². The summed E-state index contributed by atoms with van der Waals surface area (Å²) in [6.07, 6.45) is 0. The van der Waals surface area contributed by atoms with E-state index in [9.17, 15) is 0 Å². The van der Waals surface area contributed by atoms with Crippen LogP contribution in [0.5, 0.6) is 0 Å². The second-order valence-electron chi connectivity index (χ2n) is 16.3. The van der Waals surface area contributed by atoms with E-state index >= 15 is 0 Å². The molecule has 0 amide bonds. The van der Waals surface area contributed by atoms with Gasteiger partial charge in [-0.25, -0.2) is 0 Å². The van der Waals surface area contributed by atoms with E-state index in [0.717, 1.165) is 0 Å². The molecule has 5 heteroatoms. The number of anilines is 3. The predicted molar refractivity (Wildman–Crippen MR) is 258 cm³/mol. The predicted octanol–water partition coefficient (Wildman–Crippen LogP) is 6.24. The summed E-state index contributed by atoms with van der Waals surface area (Å²) in [5.41, 5.74) is 10.8. The van der Waals surface area contributed by atoms with Crippen molar-refractivity contribution in [3.05, 3.63) is 226 Å². The molecule has 0 spiro atoms. The number of fused-ring (bicyclic) bond motifs is 8. The topological polar surface area (TPSA) is 3.24 Å². The van der Waals surface area contributed by atoms with Crippen LogP contribution < -0.4 is 63.2 Å². The third-order valence-electron chi connectivity index (χ3n) is 13.2. The van der Waals surface area contributed by atoms with Gasteiger partial charge in [-0.3, -0.25) is 0 Å². The second-order valence-corrected chi connectivity index (χ2v) is 24.0. The van der Waals surface area contributed by atoms with Crippen molar-refractivity contribution in [1.82, 2.24) is 0 Å². The van der Waals surface area contributed by atoms with E-state index in [2.05, 4.69) is 223 Å². The Balaban J connectivity index is 1.10. The van der Waals surface area contributed by atoms with E-state index in [0.29, 0.717) is 0 Å². The maximum absolute atomic E-state index is 2.85. The van der Waals surface area contributed by atoms with Crippen molar-refractivity contribution in [3.8, 4) is 11.1 Å². The fourth-order valence-corrected chi connectivity index (χ4v) is 20.3. The Morgan fingerprint density at radius 1 is 0.443 bits per heavy atom. The molecule has 1 nitrogen and oxygen atoms in total. The van der Waals surface area contributed by atoms with Gasteiger partial charge in [-0.05, 0) is 0 Å². The van der Waals surface area contributed by atoms with Gasteiger partial charge in [0.15, 0.2) is 0 Å². The van der Waals surface area contributed by atoms with E-state index in [1.54, 1.807) is 9.03 Å². The standard InChI is InChI=1S/C56H36BINSSi/c1-3-18-41(19-4-1)61(42-20-5-2-6-21-42)53-29-14-12-26-49(53)59(50-35-39(30-33-54(50)61)55-43-22-9-7-16-37(43)34-38-17-8-10-23-44(38)55)40-31-32-45-48(36-40)58-47-25-15-28-52-56(47)57(45)46-24-11-13-27-51(46)60-52/h1-36H/q-1. The second kappa shape index (κ2) is 14.0. The minimum absolute atomic E-state index is 0.254. The molecule has 61 heavy (non-hydrogen) atoms. The summed E-state index contributed by atoms with van der Waals surface area (Å²) in [7, 11) is -2.85. The number of para-hydroxylation sites is 1. The molecule has 0 bridgehead atoms. The third-order valence-corrected chi connectivity index (χ3v) is 22.2. The molecule has 0 aliphatic carbocycles. The summed E-state index contributed by atoms with van der Waals surface area (Å²) in [5.74, 6) is 0. The van der Waals surface area contributed by atoms with Gasteiger partial charge in [-0.1, -0.05) is 0 Å². The van der Waals surface area contributed by atoms with Crippen LogP contribution in [0.3, 0.4) is 0 Å². The summed E-state index contributed by atoms with van der Waals surface area (Å²) in [5, 5.41) is 10.7. The molecular formula is C56H36BINSSi-. The minimum atomic E-state index is -2.85. The van der Waals surface area contributed by atoms with Crippen molar-refractivity contribution in [2.24, 2.45) is 0 Å². The zero-order chi connectivity index (χ0) is 40.1. The Morgan fingerprint density at radius 3 is 1.85 bits per heavy atom. The Morgan fingerprint density at radius 2 is 1.08 bits per heavy atom. The van der Waals surface area contributed by atoms with Crippen LogP contribution in [-0.2, 0) is 0 Å². The molecule has 3 heterocycles. The van der Waals surface area contributed by atoms with Crippen molar-refractivity contribution < 1.29 is 21.2 Å². The molecule has 0 unspecified atom stereocenters. The molecule has 10 aromatic rings. The fraction of sp³-hybridized carbons (Fsp3) is 0. The molecule has 10 aromatic carbocycles. The number of hydrogen-bond acceptors (Lipinski definition) is 2. The average molecular weight is 921 g/mol. The zero-order valence-electron chi connectivity index (χ0n) is 33.1. The number of hydrogen-bond donors (Lipinski definition) is 0. The first kappa shape index (κ1) is 35.6. The van der Waals surface area contributed by atoms with Gasteiger partial charge in [0.05, 0.1) is 0 Å². The summed E-state index contributed by atoms with van der Waals surface area (Å²) in [6.45, 7) is 0.254. The molecule has 0 saturated carbocycles. The quantitative estimate of drug-likeness (QED) is 0.117. The summed E-state index contributed by atoms with van der Waals surface area (Å²) in [6, 6.07) is 83.4. The Kier molecular flexibility index (Phi) is 8.15. The Labute approximate surface area is 372 Å². The van der Waals surface area contributed by atoms with Crippen LogP contribution in [0.2, 0.25) is 0 Å². The van der Waals surface area contributed by atoms with Gasteiger partial charge in [0, 0.05) is 0 Å².